The lowest BCUT2D eigenvalue weighted by Crippen LogP contribution is -1.98. The standard InChI is InChI=1S/C20H13Br2FN2O3/c21-18-9-14(11-24-16-5-7-17(8-6-16)25(26)27)10-19(22)20(18)28-12-13-1-3-15(23)4-2-13/h1-11H,12H2. The largest absolute Gasteiger partial charge is 0.487 e. The van der Waals surface area contributed by atoms with E-state index in [1.165, 1.54) is 24.3 Å². The summed E-state index contributed by atoms with van der Waals surface area (Å²) in [6.45, 7) is 0.299. The molecular formula is C20H13Br2FN2O3. The van der Waals surface area contributed by atoms with Crippen LogP contribution < -0.4 is 4.74 Å². The van der Waals surface area contributed by atoms with Crippen LogP contribution in [-0.4, -0.2) is 11.1 Å². The van der Waals surface area contributed by atoms with Gasteiger partial charge in [-0.05, 0) is 79.4 Å². The summed E-state index contributed by atoms with van der Waals surface area (Å²) in [7, 11) is 0. The van der Waals surface area contributed by atoms with Gasteiger partial charge < -0.3 is 4.74 Å². The van der Waals surface area contributed by atoms with Gasteiger partial charge in [-0.3, -0.25) is 15.1 Å². The van der Waals surface area contributed by atoms with Gasteiger partial charge in [-0.2, -0.15) is 0 Å². The number of nitrogens with zero attached hydrogens (tertiary/aromatic N) is 2. The Hall–Kier alpha value is -2.58. The molecule has 0 unspecified atom stereocenters. The zero-order valence-corrected chi connectivity index (χ0v) is 17.5. The highest BCUT2D eigenvalue weighted by molar-refractivity contribution is 9.11. The number of hydrogen-bond acceptors (Lipinski definition) is 4. The maximum atomic E-state index is 13.0. The molecule has 0 aliphatic carbocycles. The molecule has 3 rings (SSSR count). The van der Waals surface area contributed by atoms with E-state index in [1.807, 2.05) is 12.1 Å². The monoisotopic (exact) mass is 506 g/mol. The minimum Gasteiger partial charge on any atom is -0.487 e. The third-order valence-electron chi connectivity index (χ3n) is 3.74. The van der Waals surface area contributed by atoms with Crippen molar-refractivity contribution in [1.29, 1.82) is 0 Å². The van der Waals surface area contributed by atoms with Crippen LogP contribution in [0.5, 0.6) is 5.75 Å². The minimum atomic E-state index is -0.452. The quantitative estimate of drug-likeness (QED) is 0.215. The van der Waals surface area contributed by atoms with E-state index in [4.69, 9.17) is 4.74 Å². The molecule has 0 bridgehead atoms. The molecule has 0 saturated carbocycles. The second-order valence-corrected chi connectivity index (χ2v) is 7.47. The Kier molecular flexibility index (Phi) is 6.53. The maximum absolute atomic E-state index is 13.0. The second kappa shape index (κ2) is 9.07. The maximum Gasteiger partial charge on any atom is 0.269 e. The second-order valence-electron chi connectivity index (χ2n) is 5.76. The van der Waals surface area contributed by atoms with Crippen LogP contribution in [0.4, 0.5) is 15.8 Å². The van der Waals surface area contributed by atoms with Crippen molar-refractivity contribution in [1.82, 2.24) is 0 Å². The summed E-state index contributed by atoms with van der Waals surface area (Å²) in [5.41, 5.74) is 2.29. The zero-order valence-electron chi connectivity index (χ0n) is 14.3. The lowest BCUT2D eigenvalue weighted by atomic mass is 10.2. The molecule has 0 aliphatic rings. The predicted molar refractivity (Wildman–Crippen MR) is 113 cm³/mol. The summed E-state index contributed by atoms with van der Waals surface area (Å²) < 4.78 is 20.3. The van der Waals surface area contributed by atoms with Gasteiger partial charge in [0.15, 0.2) is 0 Å². The number of nitro benzene ring substituents is 1. The van der Waals surface area contributed by atoms with Crippen LogP contribution in [0.25, 0.3) is 0 Å². The summed E-state index contributed by atoms with van der Waals surface area (Å²) >= 11 is 6.97. The number of aliphatic imine (C=N–C) groups is 1. The van der Waals surface area contributed by atoms with Gasteiger partial charge in [-0.1, -0.05) is 12.1 Å². The van der Waals surface area contributed by atoms with Crippen molar-refractivity contribution in [2.45, 2.75) is 6.61 Å². The summed E-state index contributed by atoms with van der Waals surface area (Å²) in [6, 6.07) is 15.8. The van der Waals surface area contributed by atoms with Crippen LogP contribution in [0.3, 0.4) is 0 Å². The van der Waals surface area contributed by atoms with Crippen LogP contribution in [0.2, 0.25) is 0 Å². The van der Waals surface area contributed by atoms with Gasteiger partial charge in [0.05, 0.1) is 19.6 Å². The number of rotatable bonds is 6. The van der Waals surface area contributed by atoms with Crippen LogP contribution in [0, 0.1) is 15.9 Å². The molecule has 0 aromatic heterocycles. The lowest BCUT2D eigenvalue weighted by Gasteiger charge is -2.11. The summed E-state index contributed by atoms with van der Waals surface area (Å²) in [5.74, 6) is 0.333. The van der Waals surface area contributed by atoms with Crippen molar-refractivity contribution in [3.05, 3.63) is 96.7 Å². The van der Waals surface area contributed by atoms with E-state index in [0.717, 1.165) is 20.1 Å². The Labute approximate surface area is 177 Å². The molecule has 0 aliphatic heterocycles. The molecular weight excluding hydrogens is 495 g/mol. The molecule has 28 heavy (non-hydrogen) atoms. The first-order valence-corrected chi connectivity index (χ1v) is 9.66. The molecule has 5 nitrogen and oxygen atoms in total. The Bertz CT molecular complexity index is 1000. The molecule has 0 heterocycles. The number of non-ortho nitro benzene ring substituents is 1. The molecule has 0 saturated heterocycles. The fourth-order valence-electron chi connectivity index (χ4n) is 2.34. The highest BCUT2D eigenvalue weighted by Crippen LogP contribution is 2.35. The van der Waals surface area contributed by atoms with Crippen LogP contribution in [-0.2, 0) is 6.61 Å². The Morgan fingerprint density at radius 2 is 1.64 bits per heavy atom. The number of benzene rings is 3. The molecule has 8 heteroatoms. The fourth-order valence-corrected chi connectivity index (χ4v) is 3.79. The Morgan fingerprint density at radius 3 is 2.21 bits per heavy atom. The van der Waals surface area contributed by atoms with E-state index in [1.54, 1.807) is 30.5 Å². The van der Waals surface area contributed by atoms with Gasteiger partial charge in [-0.25, -0.2) is 4.39 Å². The third kappa shape index (κ3) is 5.24. The van der Waals surface area contributed by atoms with Gasteiger partial charge in [0.1, 0.15) is 18.2 Å². The summed E-state index contributed by atoms with van der Waals surface area (Å²) in [6.07, 6.45) is 1.65. The average molecular weight is 508 g/mol. The SMILES string of the molecule is O=[N+]([O-])c1ccc(N=Cc2cc(Br)c(OCc3ccc(F)cc3)c(Br)c2)cc1. The molecule has 142 valence electrons. The van der Waals surface area contributed by atoms with Gasteiger partial charge in [0.25, 0.3) is 5.69 Å². The van der Waals surface area contributed by atoms with Crippen molar-refractivity contribution >= 4 is 49.4 Å². The van der Waals surface area contributed by atoms with Crippen molar-refractivity contribution < 1.29 is 14.1 Å². The van der Waals surface area contributed by atoms with Crippen molar-refractivity contribution in [2.75, 3.05) is 0 Å². The molecule has 0 amide bonds. The first-order chi connectivity index (χ1) is 13.4. The zero-order chi connectivity index (χ0) is 20.1. The van der Waals surface area contributed by atoms with E-state index >= 15 is 0 Å². The van der Waals surface area contributed by atoms with Crippen molar-refractivity contribution in [3.63, 3.8) is 0 Å². The van der Waals surface area contributed by atoms with Crippen molar-refractivity contribution in [3.8, 4) is 5.75 Å². The Morgan fingerprint density at radius 1 is 1.04 bits per heavy atom. The summed E-state index contributed by atoms with van der Waals surface area (Å²) in [4.78, 5) is 14.6. The van der Waals surface area contributed by atoms with Crippen LogP contribution >= 0.6 is 31.9 Å². The van der Waals surface area contributed by atoms with E-state index in [0.29, 0.717) is 18.0 Å². The fraction of sp³-hybridized carbons (Fsp3) is 0.0500. The van der Waals surface area contributed by atoms with Gasteiger partial charge in [0, 0.05) is 18.3 Å². The van der Waals surface area contributed by atoms with Crippen molar-refractivity contribution in [2.24, 2.45) is 4.99 Å². The average Bonchev–Trinajstić information content (AvgIpc) is 2.67. The number of halogens is 3. The molecule has 0 radical (unpaired) electrons. The minimum absolute atomic E-state index is 0.0205. The Balaban J connectivity index is 1.71. The number of hydrogen-bond donors (Lipinski definition) is 0. The van der Waals surface area contributed by atoms with E-state index in [2.05, 4.69) is 36.9 Å². The van der Waals surface area contributed by atoms with Crippen LogP contribution in [0.15, 0.2) is 74.6 Å². The van der Waals surface area contributed by atoms with Crippen LogP contribution in [0.1, 0.15) is 11.1 Å². The van der Waals surface area contributed by atoms with E-state index < -0.39 is 4.92 Å². The molecule has 0 spiro atoms. The third-order valence-corrected chi connectivity index (χ3v) is 4.92. The molecule has 0 fully saturated rings. The number of ether oxygens (including phenoxy) is 1. The molecule has 3 aromatic rings. The highest BCUT2D eigenvalue weighted by Gasteiger charge is 2.09. The topological polar surface area (TPSA) is 64.7 Å². The number of nitro groups is 1. The highest BCUT2D eigenvalue weighted by atomic mass is 79.9. The smallest absolute Gasteiger partial charge is 0.269 e. The molecule has 0 N–H and O–H groups in total. The summed E-state index contributed by atoms with van der Waals surface area (Å²) in [5, 5.41) is 10.7. The van der Waals surface area contributed by atoms with Gasteiger partial charge >= 0.3 is 0 Å². The van der Waals surface area contributed by atoms with Gasteiger partial charge in [-0.15, -0.1) is 0 Å². The molecule has 0 atom stereocenters. The first kappa shape index (κ1) is 20.2. The normalized spacial score (nSPS) is 11.0. The predicted octanol–water partition coefficient (Wildman–Crippen LogP) is 6.59. The first-order valence-electron chi connectivity index (χ1n) is 8.07. The van der Waals surface area contributed by atoms with E-state index in [9.17, 15) is 14.5 Å². The lowest BCUT2D eigenvalue weighted by molar-refractivity contribution is -0.384. The van der Waals surface area contributed by atoms with Gasteiger partial charge in [0.2, 0.25) is 0 Å². The molecule has 3 aromatic carbocycles. The van der Waals surface area contributed by atoms with E-state index in [-0.39, 0.29) is 11.5 Å².